The summed E-state index contributed by atoms with van der Waals surface area (Å²) >= 11 is 0. The quantitative estimate of drug-likeness (QED) is 0.562. The highest BCUT2D eigenvalue weighted by molar-refractivity contribution is 6.02. The Kier molecular flexibility index (Phi) is 4.22. The van der Waals surface area contributed by atoms with E-state index in [0.717, 1.165) is 59.1 Å². The molecule has 7 nitrogen and oxygen atoms in total. The molecule has 7 heteroatoms. The van der Waals surface area contributed by atoms with Gasteiger partial charge >= 0.3 is 0 Å². The van der Waals surface area contributed by atoms with Crippen molar-refractivity contribution >= 4 is 22.1 Å². The zero-order valence-electron chi connectivity index (χ0n) is 15.8. The molecule has 0 radical (unpaired) electrons. The molecule has 0 aliphatic heterocycles. The Labute approximate surface area is 167 Å². The average Bonchev–Trinajstić information content (AvgIpc) is 3.39. The Morgan fingerprint density at radius 3 is 2.66 bits per heavy atom. The molecule has 0 saturated heterocycles. The molecule has 1 N–H and O–H groups in total. The third kappa shape index (κ3) is 2.92. The van der Waals surface area contributed by atoms with Crippen LogP contribution in [0.2, 0.25) is 0 Å². The van der Waals surface area contributed by atoms with Crippen LogP contribution in [-0.2, 0) is 0 Å². The van der Waals surface area contributed by atoms with Gasteiger partial charge in [0.2, 0.25) is 0 Å². The molecule has 0 unspecified atom stereocenters. The fourth-order valence-corrected chi connectivity index (χ4v) is 4.48. The summed E-state index contributed by atoms with van der Waals surface area (Å²) in [5.74, 6) is 1.34. The minimum Gasteiger partial charge on any atom is -0.346 e. The van der Waals surface area contributed by atoms with Crippen LogP contribution < -0.4 is 0 Å². The number of hydrogen-bond acceptors (Lipinski definition) is 5. The van der Waals surface area contributed by atoms with E-state index in [9.17, 15) is 0 Å². The van der Waals surface area contributed by atoms with Crippen molar-refractivity contribution in [3.8, 4) is 23.5 Å². The summed E-state index contributed by atoms with van der Waals surface area (Å²) < 4.78 is 2.33. The zero-order valence-corrected chi connectivity index (χ0v) is 15.8. The van der Waals surface area contributed by atoms with Gasteiger partial charge in [0.25, 0.3) is 0 Å². The molecule has 0 bridgehead atoms. The van der Waals surface area contributed by atoms with Crippen LogP contribution in [0.4, 0.5) is 0 Å². The predicted molar refractivity (Wildman–Crippen MR) is 109 cm³/mol. The molecule has 0 atom stereocenters. The van der Waals surface area contributed by atoms with Gasteiger partial charge in [-0.2, -0.15) is 10.5 Å². The minimum absolute atomic E-state index is 0.307. The van der Waals surface area contributed by atoms with Gasteiger partial charge in [0.1, 0.15) is 28.8 Å². The fourth-order valence-electron chi connectivity index (χ4n) is 4.48. The molecule has 29 heavy (non-hydrogen) atoms. The molecule has 4 aromatic rings. The zero-order chi connectivity index (χ0) is 19.8. The first-order chi connectivity index (χ1) is 14.3. The normalized spacial score (nSPS) is 19.2. The van der Waals surface area contributed by atoms with Crippen molar-refractivity contribution in [3.05, 3.63) is 42.5 Å². The lowest BCUT2D eigenvalue weighted by Crippen LogP contribution is -2.19. The Hall–Kier alpha value is -3.71. The largest absolute Gasteiger partial charge is 0.346 e. The maximum Gasteiger partial charge on any atom is 0.143 e. The van der Waals surface area contributed by atoms with E-state index in [-0.39, 0.29) is 0 Å². The number of imidazole rings is 1. The third-order valence-electron chi connectivity index (χ3n) is 5.93. The standard InChI is InChI=1S/C22H19N7/c23-9-7-14-1-5-17(6-2-14)29-20-18-8-10-25-21(18)27-13-19(20)28-22(29)15-3-4-16(11-24)26-12-15/h3-4,8,10,12-14,17H,1-2,5-7H2,(H,25,27)/t14-,17-. The molecule has 0 aromatic carbocycles. The summed E-state index contributed by atoms with van der Waals surface area (Å²) in [5, 5.41) is 19.2. The number of H-pyrrole nitrogens is 1. The molecular formula is C22H19N7. The Morgan fingerprint density at radius 1 is 1.07 bits per heavy atom. The van der Waals surface area contributed by atoms with Crippen LogP contribution in [-0.4, -0.2) is 24.5 Å². The van der Waals surface area contributed by atoms with E-state index in [2.05, 4.69) is 31.7 Å². The van der Waals surface area contributed by atoms with Gasteiger partial charge in [-0.05, 0) is 49.8 Å². The maximum atomic E-state index is 9.07. The van der Waals surface area contributed by atoms with Crippen molar-refractivity contribution < 1.29 is 0 Å². The second-order valence-electron chi connectivity index (χ2n) is 7.62. The Morgan fingerprint density at radius 2 is 1.93 bits per heavy atom. The minimum atomic E-state index is 0.307. The molecule has 1 fully saturated rings. The van der Waals surface area contributed by atoms with Crippen LogP contribution in [0.3, 0.4) is 0 Å². The number of rotatable bonds is 3. The second-order valence-corrected chi connectivity index (χ2v) is 7.62. The molecule has 142 valence electrons. The van der Waals surface area contributed by atoms with Crippen molar-refractivity contribution in [2.75, 3.05) is 0 Å². The second kappa shape index (κ2) is 7.03. The molecule has 1 saturated carbocycles. The lowest BCUT2D eigenvalue weighted by molar-refractivity contribution is 0.283. The number of nitriles is 2. The lowest BCUT2D eigenvalue weighted by atomic mass is 9.84. The van der Waals surface area contributed by atoms with Gasteiger partial charge in [-0.3, -0.25) is 0 Å². The number of hydrogen-bond donors (Lipinski definition) is 1. The summed E-state index contributed by atoms with van der Waals surface area (Å²) in [6.07, 6.45) is 10.2. The number of aromatic nitrogens is 5. The van der Waals surface area contributed by atoms with Gasteiger partial charge in [-0.1, -0.05) is 0 Å². The molecule has 1 aliphatic carbocycles. The number of pyridine rings is 2. The first-order valence-electron chi connectivity index (χ1n) is 9.86. The molecule has 0 spiro atoms. The molecule has 4 heterocycles. The van der Waals surface area contributed by atoms with Crippen molar-refractivity contribution in [2.24, 2.45) is 5.92 Å². The van der Waals surface area contributed by atoms with E-state index in [0.29, 0.717) is 24.1 Å². The SMILES string of the molecule is N#CC[C@H]1CC[C@H](n2c(-c3ccc(C#N)nc3)nc3cnc4[nH]ccc4c32)CC1. The van der Waals surface area contributed by atoms with Crippen LogP contribution in [0.25, 0.3) is 33.5 Å². The van der Waals surface area contributed by atoms with Crippen molar-refractivity contribution in [2.45, 2.75) is 38.1 Å². The highest BCUT2D eigenvalue weighted by Crippen LogP contribution is 2.40. The van der Waals surface area contributed by atoms with E-state index >= 15 is 0 Å². The predicted octanol–water partition coefficient (Wildman–Crippen LogP) is 4.49. The molecule has 1 aliphatic rings. The molecule has 5 rings (SSSR count). The third-order valence-corrected chi connectivity index (χ3v) is 5.93. The van der Waals surface area contributed by atoms with Gasteiger partial charge < -0.3 is 9.55 Å². The topological polar surface area (TPSA) is 107 Å². The van der Waals surface area contributed by atoms with E-state index in [1.165, 1.54) is 0 Å². The van der Waals surface area contributed by atoms with E-state index < -0.39 is 0 Å². The van der Waals surface area contributed by atoms with Gasteiger partial charge in [-0.15, -0.1) is 0 Å². The van der Waals surface area contributed by atoms with Crippen LogP contribution in [0.15, 0.2) is 36.8 Å². The first kappa shape index (κ1) is 17.4. The molecule has 4 aromatic heterocycles. The van der Waals surface area contributed by atoms with Gasteiger partial charge in [-0.25, -0.2) is 15.0 Å². The Balaban J connectivity index is 1.67. The summed E-state index contributed by atoms with van der Waals surface area (Å²) in [5.41, 5.74) is 4.07. The van der Waals surface area contributed by atoms with Crippen molar-refractivity contribution in [1.82, 2.24) is 24.5 Å². The number of aromatic amines is 1. The van der Waals surface area contributed by atoms with Gasteiger partial charge in [0.15, 0.2) is 0 Å². The highest BCUT2D eigenvalue weighted by Gasteiger charge is 2.27. The Bertz CT molecular complexity index is 1260. The smallest absolute Gasteiger partial charge is 0.143 e. The number of nitrogens with one attached hydrogen (secondary N) is 1. The van der Waals surface area contributed by atoms with Crippen LogP contribution >= 0.6 is 0 Å². The van der Waals surface area contributed by atoms with Crippen molar-refractivity contribution in [1.29, 1.82) is 10.5 Å². The van der Waals surface area contributed by atoms with Crippen LogP contribution in [0, 0.1) is 28.6 Å². The average molecular weight is 381 g/mol. The summed E-state index contributed by atoms with van der Waals surface area (Å²) in [6, 6.07) is 10.4. The first-order valence-corrected chi connectivity index (χ1v) is 9.86. The van der Waals surface area contributed by atoms with Crippen molar-refractivity contribution in [3.63, 3.8) is 0 Å². The van der Waals surface area contributed by atoms with Gasteiger partial charge in [0, 0.05) is 35.8 Å². The van der Waals surface area contributed by atoms with Gasteiger partial charge in [0.05, 0.1) is 17.8 Å². The lowest BCUT2D eigenvalue weighted by Gasteiger charge is -2.30. The number of nitrogens with zero attached hydrogens (tertiary/aromatic N) is 6. The molecule has 0 amide bonds. The van der Waals surface area contributed by atoms with E-state index in [1.54, 1.807) is 12.3 Å². The van der Waals surface area contributed by atoms with Crippen LogP contribution in [0.5, 0.6) is 0 Å². The monoisotopic (exact) mass is 381 g/mol. The summed E-state index contributed by atoms with van der Waals surface area (Å²) in [4.78, 5) is 16.8. The molecular weight excluding hydrogens is 362 g/mol. The van der Waals surface area contributed by atoms with E-state index in [1.807, 2.05) is 24.5 Å². The fraction of sp³-hybridized carbons (Fsp3) is 0.318. The number of fused-ring (bicyclic) bond motifs is 3. The maximum absolute atomic E-state index is 9.07. The summed E-state index contributed by atoms with van der Waals surface area (Å²) in [7, 11) is 0. The highest BCUT2D eigenvalue weighted by atomic mass is 15.1. The summed E-state index contributed by atoms with van der Waals surface area (Å²) in [6.45, 7) is 0. The van der Waals surface area contributed by atoms with Crippen LogP contribution in [0.1, 0.15) is 43.8 Å². The van der Waals surface area contributed by atoms with E-state index in [4.69, 9.17) is 15.5 Å².